The third kappa shape index (κ3) is 3.50. The van der Waals surface area contributed by atoms with Crippen LogP contribution in [0.5, 0.6) is 0 Å². The van der Waals surface area contributed by atoms with Crippen molar-refractivity contribution >= 4 is 16.9 Å². The first kappa shape index (κ1) is 17.8. The Labute approximate surface area is 158 Å². The van der Waals surface area contributed by atoms with Gasteiger partial charge in [0.2, 0.25) is 0 Å². The third-order valence-corrected chi connectivity index (χ3v) is 5.13. The molecule has 0 unspecified atom stereocenters. The number of rotatable bonds is 4. The van der Waals surface area contributed by atoms with Crippen LogP contribution in [-0.2, 0) is 7.05 Å². The fraction of sp³-hybridized carbons (Fsp3) is 0.474. The van der Waals surface area contributed by atoms with Gasteiger partial charge in [0, 0.05) is 50.6 Å². The molecule has 4 heterocycles. The summed E-state index contributed by atoms with van der Waals surface area (Å²) in [5.41, 5.74) is 1.70. The van der Waals surface area contributed by atoms with Crippen molar-refractivity contribution in [3.05, 3.63) is 30.7 Å². The van der Waals surface area contributed by atoms with E-state index in [1.807, 2.05) is 33.3 Å². The number of hydrogen-bond acceptors (Lipinski definition) is 7. The van der Waals surface area contributed by atoms with Crippen LogP contribution in [0, 0.1) is 5.92 Å². The molecule has 3 aromatic rings. The number of nitrogens with zero attached hydrogens (tertiary/aromatic N) is 7. The number of anilines is 1. The average molecular weight is 367 g/mol. The number of piperidine rings is 1. The Bertz CT molecular complexity index is 924. The summed E-state index contributed by atoms with van der Waals surface area (Å²) in [7, 11) is 5.97. The standard InChI is InChI=1S/C19H25N7O/c1-24(2)11-14-6-9-26(12-16(14)27)19-15-10-21-25(3)18(15)22-17(23-19)13-4-7-20-8-5-13/h4-5,7-8,10,14,16,27H,6,9,11-12H2,1-3H3/t14-,16+/m0/s1. The van der Waals surface area contributed by atoms with Crippen LogP contribution >= 0.6 is 0 Å². The quantitative estimate of drug-likeness (QED) is 0.741. The van der Waals surface area contributed by atoms with Crippen LogP contribution in [0.25, 0.3) is 22.4 Å². The van der Waals surface area contributed by atoms with Crippen LogP contribution < -0.4 is 4.90 Å². The first-order valence-electron chi connectivity index (χ1n) is 9.21. The summed E-state index contributed by atoms with van der Waals surface area (Å²) in [6.45, 7) is 2.31. The topological polar surface area (TPSA) is 83.2 Å². The van der Waals surface area contributed by atoms with Crippen molar-refractivity contribution in [2.24, 2.45) is 13.0 Å². The third-order valence-electron chi connectivity index (χ3n) is 5.13. The van der Waals surface area contributed by atoms with E-state index in [9.17, 15) is 5.11 Å². The molecule has 27 heavy (non-hydrogen) atoms. The number of pyridine rings is 1. The molecule has 0 aliphatic carbocycles. The zero-order chi connectivity index (χ0) is 19.0. The second-order valence-electron chi connectivity index (χ2n) is 7.44. The van der Waals surface area contributed by atoms with Gasteiger partial charge in [-0.2, -0.15) is 5.10 Å². The molecule has 1 aliphatic rings. The van der Waals surface area contributed by atoms with Gasteiger partial charge in [-0.3, -0.25) is 9.67 Å². The molecule has 0 amide bonds. The van der Waals surface area contributed by atoms with E-state index in [1.165, 1.54) is 0 Å². The van der Waals surface area contributed by atoms with Crippen LogP contribution in [0.2, 0.25) is 0 Å². The van der Waals surface area contributed by atoms with Crippen LogP contribution in [0.4, 0.5) is 5.82 Å². The summed E-state index contributed by atoms with van der Waals surface area (Å²) in [5.74, 6) is 1.76. The molecular weight excluding hydrogens is 342 g/mol. The van der Waals surface area contributed by atoms with Crippen molar-refractivity contribution in [3.63, 3.8) is 0 Å². The summed E-state index contributed by atoms with van der Waals surface area (Å²) in [5, 5.41) is 15.9. The van der Waals surface area contributed by atoms with Gasteiger partial charge in [-0.1, -0.05) is 0 Å². The van der Waals surface area contributed by atoms with Gasteiger partial charge in [0.15, 0.2) is 11.5 Å². The number of hydrogen-bond donors (Lipinski definition) is 1. The van der Waals surface area contributed by atoms with Gasteiger partial charge in [0.1, 0.15) is 5.82 Å². The van der Waals surface area contributed by atoms with Gasteiger partial charge in [-0.05, 0) is 32.6 Å². The molecule has 3 aromatic heterocycles. The van der Waals surface area contributed by atoms with E-state index in [2.05, 4.69) is 19.9 Å². The van der Waals surface area contributed by atoms with E-state index < -0.39 is 0 Å². The summed E-state index contributed by atoms with van der Waals surface area (Å²) in [4.78, 5) is 17.9. The van der Waals surface area contributed by atoms with Crippen molar-refractivity contribution in [2.45, 2.75) is 12.5 Å². The molecule has 1 fully saturated rings. The Morgan fingerprint density at radius 3 is 2.70 bits per heavy atom. The van der Waals surface area contributed by atoms with Gasteiger partial charge in [-0.15, -0.1) is 0 Å². The first-order chi connectivity index (χ1) is 13.0. The Morgan fingerprint density at radius 1 is 1.22 bits per heavy atom. The Kier molecular flexibility index (Phi) is 4.75. The molecule has 0 spiro atoms. The van der Waals surface area contributed by atoms with E-state index in [1.54, 1.807) is 23.3 Å². The number of fused-ring (bicyclic) bond motifs is 1. The summed E-state index contributed by atoms with van der Waals surface area (Å²) in [6.07, 6.45) is 5.83. The molecule has 1 aliphatic heterocycles. The predicted octanol–water partition coefficient (Wildman–Crippen LogP) is 1.17. The Hall–Kier alpha value is -2.58. The highest BCUT2D eigenvalue weighted by molar-refractivity contribution is 5.88. The van der Waals surface area contributed by atoms with Crippen molar-refractivity contribution in [1.29, 1.82) is 0 Å². The van der Waals surface area contributed by atoms with Gasteiger partial charge in [0.25, 0.3) is 0 Å². The van der Waals surface area contributed by atoms with Gasteiger partial charge in [0.05, 0.1) is 17.7 Å². The smallest absolute Gasteiger partial charge is 0.164 e. The van der Waals surface area contributed by atoms with Crippen LogP contribution in [-0.4, -0.2) is 74.6 Å². The molecule has 8 heteroatoms. The lowest BCUT2D eigenvalue weighted by molar-refractivity contribution is 0.0765. The lowest BCUT2D eigenvalue weighted by Gasteiger charge is -2.37. The number of aryl methyl sites for hydroxylation is 1. The zero-order valence-corrected chi connectivity index (χ0v) is 15.9. The van der Waals surface area contributed by atoms with E-state index in [4.69, 9.17) is 9.97 Å². The maximum Gasteiger partial charge on any atom is 0.164 e. The molecule has 1 saturated heterocycles. The van der Waals surface area contributed by atoms with E-state index >= 15 is 0 Å². The van der Waals surface area contributed by atoms with Gasteiger partial charge < -0.3 is 14.9 Å². The van der Waals surface area contributed by atoms with Crippen molar-refractivity contribution in [1.82, 2.24) is 29.6 Å². The number of aliphatic hydroxyl groups is 1. The minimum atomic E-state index is -0.382. The molecule has 8 nitrogen and oxygen atoms in total. The second-order valence-corrected chi connectivity index (χ2v) is 7.44. The first-order valence-corrected chi connectivity index (χ1v) is 9.21. The van der Waals surface area contributed by atoms with Crippen LogP contribution in [0.1, 0.15) is 6.42 Å². The summed E-state index contributed by atoms with van der Waals surface area (Å²) in [6, 6.07) is 3.80. The number of aliphatic hydroxyl groups excluding tert-OH is 1. The highest BCUT2D eigenvalue weighted by atomic mass is 16.3. The Balaban J connectivity index is 1.71. The van der Waals surface area contributed by atoms with Gasteiger partial charge in [-0.25, -0.2) is 9.97 Å². The second kappa shape index (κ2) is 7.21. The monoisotopic (exact) mass is 367 g/mol. The summed E-state index contributed by atoms with van der Waals surface area (Å²) < 4.78 is 1.76. The molecule has 4 rings (SSSR count). The molecule has 0 aromatic carbocycles. The maximum atomic E-state index is 10.7. The minimum Gasteiger partial charge on any atom is -0.391 e. The zero-order valence-electron chi connectivity index (χ0n) is 15.9. The molecular formula is C19H25N7O. The van der Waals surface area contributed by atoms with Crippen LogP contribution in [0.15, 0.2) is 30.7 Å². The molecule has 0 saturated carbocycles. The van der Waals surface area contributed by atoms with Crippen molar-refractivity contribution in [3.8, 4) is 11.4 Å². The minimum absolute atomic E-state index is 0.280. The lowest BCUT2D eigenvalue weighted by atomic mass is 9.93. The fourth-order valence-electron chi connectivity index (χ4n) is 3.73. The highest BCUT2D eigenvalue weighted by Crippen LogP contribution is 2.30. The maximum absolute atomic E-state index is 10.7. The molecule has 142 valence electrons. The average Bonchev–Trinajstić information content (AvgIpc) is 3.04. The van der Waals surface area contributed by atoms with E-state index in [-0.39, 0.29) is 12.0 Å². The number of β-amino-alcohol motifs (C(OH)–C–C–N with tert-alkyl or cyclic N) is 1. The Morgan fingerprint density at radius 2 is 2.00 bits per heavy atom. The predicted molar refractivity (Wildman–Crippen MR) is 104 cm³/mol. The molecule has 0 radical (unpaired) electrons. The van der Waals surface area contributed by atoms with E-state index in [0.717, 1.165) is 41.9 Å². The SMILES string of the molecule is CN(C)C[C@@H]1CCN(c2nc(-c3ccncc3)nc3c2cnn3C)C[C@H]1O. The fourth-order valence-corrected chi connectivity index (χ4v) is 3.73. The summed E-state index contributed by atoms with van der Waals surface area (Å²) >= 11 is 0. The lowest BCUT2D eigenvalue weighted by Crippen LogP contribution is -2.47. The highest BCUT2D eigenvalue weighted by Gasteiger charge is 2.30. The van der Waals surface area contributed by atoms with Crippen molar-refractivity contribution < 1.29 is 5.11 Å². The largest absolute Gasteiger partial charge is 0.391 e. The molecule has 2 atom stereocenters. The molecule has 1 N–H and O–H groups in total. The normalized spacial score (nSPS) is 20.6. The number of aromatic nitrogens is 5. The van der Waals surface area contributed by atoms with Gasteiger partial charge >= 0.3 is 0 Å². The van der Waals surface area contributed by atoms with Crippen LogP contribution in [0.3, 0.4) is 0 Å². The van der Waals surface area contributed by atoms with Crippen molar-refractivity contribution in [2.75, 3.05) is 38.6 Å². The van der Waals surface area contributed by atoms with E-state index in [0.29, 0.717) is 12.4 Å². The molecule has 0 bridgehead atoms.